The minimum Gasteiger partial charge on any atom is -0.282 e. The lowest BCUT2D eigenvalue weighted by atomic mass is 10.0. The third-order valence-corrected chi connectivity index (χ3v) is 14.5. The fraction of sp³-hybridized carbons (Fsp3) is 0.893. The lowest BCUT2D eigenvalue weighted by molar-refractivity contribution is 0.481. The Hall–Kier alpha value is -0.870. The molecule has 0 aliphatic heterocycles. The van der Waals surface area contributed by atoms with E-state index < -0.39 is 10.1 Å². The molecule has 0 heterocycles. The van der Waals surface area contributed by atoms with E-state index in [2.05, 4.69) is 6.92 Å². The predicted molar refractivity (Wildman–Crippen MR) is 267 cm³/mol. The molecule has 0 atom stereocenters. The van der Waals surface area contributed by atoms with E-state index in [0.29, 0.717) is 0 Å². The van der Waals surface area contributed by atoms with Gasteiger partial charge in [0.15, 0.2) is 0 Å². The van der Waals surface area contributed by atoms with Crippen LogP contribution >= 0.6 is 0 Å². The number of hydrogen-bond acceptors (Lipinski definition) is 2. The molecule has 0 bridgehead atoms. The first-order valence-electron chi connectivity index (χ1n) is 27.6. The zero-order valence-corrected chi connectivity index (χ0v) is 41.4. The lowest BCUT2D eigenvalue weighted by Crippen LogP contribution is -2.03. The van der Waals surface area contributed by atoms with Gasteiger partial charge in [-0.25, -0.2) is 0 Å². The fourth-order valence-corrected chi connectivity index (χ4v) is 10.2. The smallest absolute Gasteiger partial charge is 0.282 e. The first kappa shape index (κ1) is 57.1. The summed E-state index contributed by atoms with van der Waals surface area (Å²) in [4.78, 5) is 0.0717. The molecular weight excluding hydrogens is 753 g/mol. The van der Waals surface area contributed by atoms with Crippen LogP contribution in [0.3, 0.4) is 0 Å². The van der Waals surface area contributed by atoms with Crippen molar-refractivity contribution in [2.75, 3.05) is 0 Å². The molecule has 0 saturated carbocycles. The van der Waals surface area contributed by atoms with E-state index in [-0.39, 0.29) is 4.90 Å². The van der Waals surface area contributed by atoms with Gasteiger partial charge < -0.3 is 0 Å². The second-order valence-corrected chi connectivity index (χ2v) is 20.8. The molecule has 1 aromatic carbocycles. The largest absolute Gasteiger partial charge is 0.294 e. The Kier molecular flexibility index (Phi) is 43.9. The van der Waals surface area contributed by atoms with Gasteiger partial charge in [0.25, 0.3) is 10.1 Å². The van der Waals surface area contributed by atoms with Gasteiger partial charge in [0.2, 0.25) is 0 Å². The van der Waals surface area contributed by atoms with Gasteiger partial charge in [-0.3, -0.25) is 4.55 Å². The van der Waals surface area contributed by atoms with Crippen molar-refractivity contribution < 1.29 is 13.0 Å². The van der Waals surface area contributed by atoms with E-state index in [1.54, 1.807) is 6.07 Å². The highest BCUT2D eigenvalue weighted by Crippen LogP contribution is 2.21. The summed E-state index contributed by atoms with van der Waals surface area (Å²) in [6.07, 6.45) is 69.5. The van der Waals surface area contributed by atoms with Crippen LogP contribution in [0.25, 0.3) is 0 Å². The Morgan fingerprint density at radius 3 is 0.683 bits per heavy atom. The third-order valence-electron chi connectivity index (χ3n) is 13.6. The SMILES string of the molecule is CCCCCCCCCCCCCCCCCCCCCCCCCCCCCCCCCCCCCCCCCCCCCCCCCCc1ccccc1S(=O)(=O)O. The number of hydrogen-bond donors (Lipinski definition) is 1. The third kappa shape index (κ3) is 41.2. The highest BCUT2D eigenvalue weighted by atomic mass is 32.2. The normalized spacial score (nSPS) is 11.9. The van der Waals surface area contributed by atoms with Crippen molar-refractivity contribution in [1.82, 2.24) is 0 Å². The van der Waals surface area contributed by atoms with Crippen LogP contribution in [0.1, 0.15) is 321 Å². The first-order valence-corrected chi connectivity index (χ1v) is 29.0. The van der Waals surface area contributed by atoms with Gasteiger partial charge in [0.1, 0.15) is 0 Å². The molecule has 0 aliphatic rings. The second-order valence-electron chi connectivity index (χ2n) is 19.4. The number of aryl methyl sites for hydroxylation is 1. The van der Waals surface area contributed by atoms with E-state index in [1.807, 2.05) is 12.1 Å². The van der Waals surface area contributed by atoms with Gasteiger partial charge >= 0.3 is 0 Å². The average molecular weight is 860 g/mol. The molecule has 0 saturated heterocycles. The molecule has 0 amide bonds. The zero-order chi connectivity index (χ0) is 43.1. The predicted octanol–water partition coefficient (Wildman–Crippen LogP) is 20.2. The number of benzene rings is 1. The first-order chi connectivity index (χ1) is 29.6. The van der Waals surface area contributed by atoms with Crippen LogP contribution in [-0.4, -0.2) is 13.0 Å². The Labute approximate surface area is 377 Å². The van der Waals surface area contributed by atoms with Crippen LogP contribution in [0, 0.1) is 0 Å². The van der Waals surface area contributed by atoms with Crippen molar-refractivity contribution in [3.63, 3.8) is 0 Å². The van der Waals surface area contributed by atoms with Gasteiger partial charge in [0.05, 0.1) is 4.90 Å². The summed E-state index contributed by atoms with van der Waals surface area (Å²) in [5.41, 5.74) is 0.738. The molecule has 4 heteroatoms. The van der Waals surface area contributed by atoms with Gasteiger partial charge in [-0.15, -0.1) is 0 Å². The van der Waals surface area contributed by atoms with Crippen molar-refractivity contribution in [3.8, 4) is 0 Å². The van der Waals surface area contributed by atoms with Crippen molar-refractivity contribution in [1.29, 1.82) is 0 Å². The minimum atomic E-state index is -4.12. The summed E-state index contributed by atoms with van der Waals surface area (Å²) in [6.45, 7) is 2.31. The molecule has 0 fully saturated rings. The van der Waals surface area contributed by atoms with Crippen molar-refractivity contribution in [2.24, 2.45) is 0 Å². The van der Waals surface area contributed by atoms with Gasteiger partial charge in [-0.2, -0.15) is 8.42 Å². The van der Waals surface area contributed by atoms with E-state index in [9.17, 15) is 13.0 Å². The van der Waals surface area contributed by atoms with E-state index >= 15 is 0 Å². The van der Waals surface area contributed by atoms with Crippen molar-refractivity contribution >= 4 is 10.1 Å². The topological polar surface area (TPSA) is 54.4 Å². The molecule has 60 heavy (non-hydrogen) atoms. The van der Waals surface area contributed by atoms with Crippen molar-refractivity contribution in [2.45, 2.75) is 326 Å². The summed E-state index contributed by atoms with van der Waals surface area (Å²) >= 11 is 0. The maximum atomic E-state index is 11.5. The van der Waals surface area contributed by atoms with Crippen LogP contribution in [-0.2, 0) is 16.5 Å². The summed E-state index contributed by atoms with van der Waals surface area (Å²) in [6, 6.07) is 6.83. The fourth-order valence-electron chi connectivity index (χ4n) is 9.48. The summed E-state index contributed by atoms with van der Waals surface area (Å²) in [7, 11) is -4.12. The second kappa shape index (κ2) is 46.1. The molecule has 1 N–H and O–H groups in total. The van der Waals surface area contributed by atoms with Crippen molar-refractivity contribution in [3.05, 3.63) is 29.8 Å². The zero-order valence-electron chi connectivity index (χ0n) is 40.6. The summed E-state index contributed by atoms with van der Waals surface area (Å²) in [5, 5.41) is 0. The molecular formula is C56H106O3S. The van der Waals surface area contributed by atoms with Gasteiger partial charge in [-0.1, -0.05) is 327 Å². The van der Waals surface area contributed by atoms with Gasteiger partial charge in [0, 0.05) is 0 Å². The minimum absolute atomic E-state index is 0.0717. The van der Waals surface area contributed by atoms with Crippen LogP contribution in [0.5, 0.6) is 0 Å². The quantitative estimate of drug-likeness (QED) is 0.0524. The Balaban J connectivity index is 1.64. The summed E-state index contributed by atoms with van der Waals surface area (Å²) in [5.74, 6) is 0. The number of rotatable bonds is 50. The van der Waals surface area contributed by atoms with Crippen LogP contribution in [0.15, 0.2) is 29.2 Å². The highest BCUT2D eigenvalue weighted by Gasteiger charge is 2.14. The Morgan fingerprint density at radius 2 is 0.483 bits per heavy atom. The number of unbranched alkanes of at least 4 members (excludes halogenated alkanes) is 47. The molecule has 0 spiro atoms. The Morgan fingerprint density at radius 1 is 0.300 bits per heavy atom. The van der Waals surface area contributed by atoms with Gasteiger partial charge in [-0.05, 0) is 24.5 Å². The lowest BCUT2D eigenvalue weighted by Gasteiger charge is -2.07. The average Bonchev–Trinajstić information content (AvgIpc) is 3.24. The molecule has 3 nitrogen and oxygen atoms in total. The van der Waals surface area contributed by atoms with E-state index in [1.165, 1.54) is 301 Å². The molecule has 1 aromatic rings. The molecule has 0 aromatic heterocycles. The van der Waals surface area contributed by atoms with Crippen LogP contribution in [0.4, 0.5) is 0 Å². The molecule has 1 rings (SSSR count). The monoisotopic (exact) mass is 859 g/mol. The van der Waals surface area contributed by atoms with Crippen LogP contribution < -0.4 is 0 Å². The maximum absolute atomic E-state index is 11.5. The van der Waals surface area contributed by atoms with E-state index in [4.69, 9.17) is 0 Å². The maximum Gasteiger partial charge on any atom is 0.294 e. The molecule has 0 aliphatic carbocycles. The highest BCUT2D eigenvalue weighted by molar-refractivity contribution is 7.85. The van der Waals surface area contributed by atoms with E-state index in [0.717, 1.165) is 24.8 Å². The Bertz CT molecular complexity index is 1080. The van der Waals surface area contributed by atoms with Crippen LogP contribution in [0.2, 0.25) is 0 Å². The molecule has 354 valence electrons. The molecule has 0 unspecified atom stereocenters. The standard InChI is InChI=1S/C56H106O3S/c1-2-3-4-5-6-7-8-9-10-11-12-13-14-15-16-17-18-19-20-21-22-23-24-25-26-27-28-29-30-31-32-33-34-35-36-37-38-39-40-41-42-43-44-45-46-47-48-49-52-55-53-50-51-54-56(55)60(57,58)59/h50-51,53-54H,2-49,52H2,1H3,(H,57,58,59). The summed E-state index contributed by atoms with van der Waals surface area (Å²) < 4.78 is 32.4. The molecule has 0 radical (unpaired) electrons.